The minimum absolute atomic E-state index is 0.126. The summed E-state index contributed by atoms with van der Waals surface area (Å²) in [7, 11) is 0. The van der Waals surface area contributed by atoms with E-state index in [0.29, 0.717) is 11.7 Å². The molecule has 0 aliphatic rings. The predicted molar refractivity (Wildman–Crippen MR) is 51.6 cm³/mol. The third-order valence-electron chi connectivity index (χ3n) is 1.18. The summed E-state index contributed by atoms with van der Waals surface area (Å²) in [6.45, 7) is 4.39. The highest BCUT2D eigenvalue weighted by Crippen LogP contribution is 2.06. The number of nitrogens with zero attached hydrogens (tertiary/aromatic N) is 2. The van der Waals surface area contributed by atoms with Gasteiger partial charge in [0.25, 0.3) is 0 Å². The van der Waals surface area contributed by atoms with Crippen molar-refractivity contribution in [3.8, 4) is 0 Å². The van der Waals surface area contributed by atoms with Crippen LogP contribution in [-0.2, 0) is 4.79 Å². The van der Waals surface area contributed by atoms with Gasteiger partial charge in [0.05, 0.1) is 6.54 Å². The smallest absolute Gasteiger partial charge is 0.240 e. The first-order valence-electron chi connectivity index (χ1n) is 3.70. The zero-order chi connectivity index (χ0) is 9.52. The second-order valence-electron chi connectivity index (χ2n) is 2.21. The average Bonchev–Trinajstić information content (AvgIpc) is 2.57. The molecule has 1 rings (SSSR count). The van der Waals surface area contributed by atoms with E-state index in [2.05, 4.69) is 27.4 Å². The van der Waals surface area contributed by atoms with Gasteiger partial charge in [-0.1, -0.05) is 17.4 Å². The molecule has 2 N–H and O–H groups in total. The molecule has 0 aromatic carbocycles. The van der Waals surface area contributed by atoms with Crippen LogP contribution in [0.1, 0.15) is 0 Å². The monoisotopic (exact) mass is 198 g/mol. The van der Waals surface area contributed by atoms with Crippen molar-refractivity contribution >= 4 is 22.4 Å². The molecule has 0 spiro atoms. The first-order valence-corrected chi connectivity index (χ1v) is 4.58. The highest BCUT2D eigenvalue weighted by Gasteiger charge is 2.02. The van der Waals surface area contributed by atoms with Crippen LogP contribution in [0.15, 0.2) is 18.2 Å². The van der Waals surface area contributed by atoms with Crippen molar-refractivity contribution in [2.45, 2.75) is 0 Å². The molecule has 13 heavy (non-hydrogen) atoms. The number of carbonyl (C=O) groups excluding carboxylic acids is 1. The molecule has 0 bridgehead atoms. The summed E-state index contributed by atoms with van der Waals surface area (Å²) in [6.07, 6.45) is 1.69. The van der Waals surface area contributed by atoms with E-state index < -0.39 is 0 Å². The Bertz CT molecular complexity index is 272. The third-order valence-corrected chi connectivity index (χ3v) is 1.79. The molecule has 6 heteroatoms. The van der Waals surface area contributed by atoms with Crippen molar-refractivity contribution in [1.82, 2.24) is 15.5 Å². The summed E-state index contributed by atoms with van der Waals surface area (Å²) in [5, 5.41) is 13.2. The van der Waals surface area contributed by atoms with Crippen molar-refractivity contribution in [2.24, 2.45) is 0 Å². The minimum Gasteiger partial charge on any atom is -0.305 e. The number of hydrogen-bond acceptors (Lipinski definition) is 5. The van der Waals surface area contributed by atoms with Gasteiger partial charge < -0.3 is 5.32 Å². The zero-order valence-corrected chi connectivity index (χ0v) is 7.80. The fraction of sp³-hybridized carbons (Fsp3) is 0.286. The number of hydrogen-bond donors (Lipinski definition) is 2. The molecular weight excluding hydrogens is 188 g/mol. The summed E-state index contributed by atoms with van der Waals surface area (Å²) < 4.78 is 0. The van der Waals surface area contributed by atoms with Crippen LogP contribution in [-0.4, -0.2) is 29.2 Å². The van der Waals surface area contributed by atoms with Crippen LogP contribution in [0.5, 0.6) is 0 Å². The Hall–Kier alpha value is -1.27. The maximum Gasteiger partial charge on any atom is 0.240 e. The van der Waals surface area contributed by atoms with Crippen molar-refractivity contribution in [1.29, 1.82) is 0 Å². The quantitative estimate of drug-likeness (QED) is 0.526. The molecule has 70 valence electrons. The van der Waals surface area contributed by atoms with Gasteiger partial charge in [-0.2, -0.15) is 0 Å². The van der Waals surface area contributed by atoms with Crippen LogP contribution in [0, 0.1) is 0 Å². The van der Waals surface area contributed by atoms with Gasteiger partial charge in [0.1, 0.15) is 5.51 Å². The SMILES string of the molecule is C=CCNCC(=O)Nc1nncs1. The molecule has 0 saturated carbocycles. The van der Waals surface area contributed by atoms with Gasteiger partial charge >= 0.3 is 0 Å². The molecule has 0 unspecified atom stereocenters. The number of rotatable bonds is 5. The molecule has 0 aliphatic heterocycles. The van der Waals surface area contributed by atoms with Crippen molar-refractivity contribution in [3.05, 3.63) is 18.2 Å². The number of nitrogens with one attached hydrogen (secondary N) is 2. The van der Waals surface area contributed by atoms with E-state index in [9.17, 15) is 4.79 Å². The predicted octanol–water partition coefficient (Wildman–Crippen LogP) is 0.252. The van der Waals surface area contributed by atoms with Gasteiger partial charge in [-0.25, -0.2) is 0 Å². The van der Waals surface area contributed by atoms with E-state index in [-0.39, 0.29) is 12.5 Å². The van der Waals surface area contributed by atoms with E-state index in [0.717, 1.165) is 0 Å². The molecule has 1 aromatic heterocycles. The Morgan fingerprint density at radius 1 is 1.77 bits per heavy atom. The Balaban J connectivity index is 2.22. The fourth-order valence-corrected chi connectivity index (χ4v) is 1.14. The highest BCUT2D eigenvalue weighted by molar-refractivity contribution is 7.13. The zero-order valence-electron chi connectivity index (χ0n) is 6.99. The van der Waals surface area contributed by atoms with Crippen LogP contribution < -0.4 is 10.6 Å². The summed E-state index contributed by atoms with van der Waals surface area (Å²) >= 11 is 1.29. The van der Waals surface area contributed by atoms with Gasteiger partial charge in [-0.05, 0) is 0 Å². The topological polar surface area (TPSA) is 66.9 Å². The van der Waals surface area contributed by atoms with E-state index in [1.807, 2.05) is 0 Å². The summed E-state index contributed by atoms with van der Waals surface area (Å²) in [4.78, 5) is 11.1. The summed E-state index contributed by atoms with van der Waals surface area (Å²) in [5.74, 6) is -0.126. The van der Waals surface area contributed by atoms with Gasteiger partial charge in [-0.3, -0.25) is 10.1 Å². The number of carbonyl (C=O) groups is 1. The summed E-state index contributed by atoms with van der Waals surface area (Å²) in [6, 6.07) is 0. The first kappa shape index (κ1) is 9.82. The third kappa shape index (κ3) is 3.77. The first-order chi connectivity index (χ1) is 6.33. The summed E-state index contributed by atoms with van der Waals surface area (Å²) in [5.41, 5.74) is 1.56. The fourth-order valence-electron chi connectivity index (χ4n) is 0.679. The lowest BCUT2D eigenvalue weighted by molar-refractivity contribution is -0.115. The molecular formula is C7H10N4OS. The van der Waals surface area contributed by atoms with Crippen molar-refractivity contribution in [3.63, 3.8) is 0 Å². The highest BCUT2D eigenvalue weighted by atomic mass is 32.1. The Kier molecular flexibility index (Phi) is 4.07. The Morgan fingerprint density at radius 2 is 2.62 bits per heavy atom. The molecule has 1 aromatic rings. The standard InChI is InChI=1S/C7H10N4OS/c1-2-3-8-4-6(12)10-7-11-9-5-13-7/h2,5,8H,1,3-4H2,(H,10,11,12). The Labute approximate surface area is 79.9 Å². The van der Waals surface area contributed by atoms with E-state index in [1.54, 1.807) is 11.6 Å². The van der Waals surface area contributed by atoms with E-state index in [4.69, 9.17) is 0 Å². The van der Waals surface area contributed by atoms with Gasteiger partial charge in [0, 0.05) is 6.54 Å². The maximum atomic E-state index is 11.1. The largest absolute Gasteiger partial charge is 0.305 e. The van der Waals surface area contributed by atoms with Gasteiger partial charge in [-0.15, -0.1) is 16.8 Å². The van der Waals surface area contributed by atoms with E-state index in [1.165, 1.54) is 11.3 Å². The second kappa shape index (κ2) is 5.39. The molecule has 0 atom stereocenters. The van der Waals surface area contributed by atoms with E-state index >= 15 is 0 Å². The molecule has 1 amide bonds. The molecule has 1 heterocycles. The normalized spacial score (nSPS) is 9.54. The number of amides is 1. The molecule has 0 radical (unpaired) electrons. The number of aromatic nitrogens is 2. The lowest BCUT2D eigenvalue weighted by atomic mass is 10.5. The van der Waals surface area contributed by atoms with Crippen LogP contribution in [0.4, 0.5) is 5.13 Å². The van der Waals surface area contributed by atoms with Crippen LogP contribution >= 0.6 is 11.3 Å². The molecule has 0 saturated heterocycles. The lowest BCUT2D eigenvalue weighted by Crippen LogP contribution is -2.27. The van der Waals surface area contributed by atoms with Crippen molar-refractivity contribution in [2.75, 3.05) is 18.4 Å². The van der Waals surface area contributed by atoms with Crippen molar-refractivity contribution < 1.29 is 4.79 Å². The molecule has 0 aliphatic carbocycles. The average molecular weight is 198 g/mol. The molecule has 5 nitrogen and oxygen atoms in total. The van der Waals surface area contributed by atoms with Gasteiger partial charge in [0.2, 0.25) is 11.0 Å². The van der Waals surface area contributed by atoms with Crippen LogP contribution in [0.25, 0.3) is 0 Å². The second-order valence-corrected chi connectivity index (χ2v) is 3.04. The maximum absolute atomic E-state index is 11.1. The van der Waals surface area contributed by atoms with Crippen LogP contribution in [0.3, 0.4) is 0 Å². The minimum atomic E-state index is -0.126. The van der Waals surface area contributed by atoms with Crippen LogP contribution in [0.2, 0.25) is 0 Å². The number of anilines is 1. The molecule has 0 fully saturated rings. The lowest BCUT2D eigenvalue weighted by Gasteiger charge is -2.00. The van der Waals surface area contributed by atoms with Gasteiger partial charge in [0.15, 0.2) is 0 Å². The Morgan fingerprint density at radius 3 is 3.23 bits per heavy atom.